The molecule has 0 saturated carbocycles. The molecule has 2 aromatic carbocycles. The molecule has 1 unspecified atom stereocenters. The monoisotopic (exact) mass is 501 g/mol. The minimum Gasteiger partial charge on any atom is -0.493 e. The molecule has 3 heterocycles. The Labute approximate surface area is 198 Å². The number of benzene rings is 2. The summed E-state index contributed by atoms with van der Waals surface area (Å²) < 4.78 is 71.4. The summed E-state index contributed by atoms with van der Waals surface area (Å²) in [5.41, 5.74) is -2.29. The molecule has 35 heavy (non-hydrogen) atoms. The summed E-state index contributed by atoms with van der Waals surface area (Å²) >= 11 is 0. The molecular weight excluding hydrogens is 486 g/mol. The lowest BCUT2D eigenvalue weighted by atomic mass is 10.0. The van der Waals surface area contributed by atoms with E-state index in [1.54, 1.807) is 6.07 Å². The molecule has 4 aromatic rings. The first-order chi connectivity index (χ1) is 16.8. The number of rotatable bonds is 5. The van der Waals surface area contributed by atoms with Crippen LogP contribution in [-0.2, 0) is 23.8 Å². The topological polar surface area (TPSA) is 92.3 Å². The van der Waals surface area contributed by atoms with Crippen molar-refractivity contribution in [3.8, 4) is 22.9 Å². The van der Waals surface area contributed by atoms with Crippen molar-refractivity contribution in [2.75, 3.05) is 11.9 Å². The van der Waals surface area contributed by atoms with Gasteiger partial charge in [0.2, 0.25) is 5.95 Å². The molecule has 0 fully saturated rings. The zero-order valence-corrected chi connectivity index (χ0v) is 18.6. The first kappa shape index (κ1) is 22.8. The standard InChI is InChI=1S/C23H15F4N5O2S/c24-19-5-6-20-16(7-8-34-20)18(19)11-30-22-29-10-17(21-31-14(9-28)12-32(21)22)13-1-3-15(4-2-13)35(33)23(25,26)27/h1-6,10,12H,7-8,11H2,(H,29,30). The summed E-state index contributed by atoms with van der Waals surface area (Å²) in [4.78, 5) is 8.27. The van der Waals surface area contributed by atoms with Crippen molar-refractivity contribution in [2.24, 2.45) is 0 Å². The van der Waals surface area contributed by atoms with Gasteiger partial charge < -0.3 is 10.1 Å². The van der Waals surface area contributed by atoms with E-state index in [0.29, 0.717) is 47.1 Å². The molecule has 1 N–H and O–H groups in total. The van der Waals surface area contributed by atoms with Crippen LogP contribution in [-0.4, -0.2) is 30.7 Å². The van der Waals surface area contributed by atoms with Gasteiger partial charge in [0.25, 0.3) is 0 Å². The van der Waals surface area contributed by atoms with Gasteiger partial charge in [-0.15, -0.1) is 0 Å². The molecule has 7 nitrogen and oxygen atoms in total. The number of hydrogen-bond donors (Lipinski definition) is 1. The van der Waals surface area contributed by atoms with Gasteiger partial charge in [-0.25, -0.2) is 18.6 Å². The predicted molar refractivity (Wildman–Crippen MR) is 119 cm³/mol. The van der Waals surface area contributed by atoms with Gasteiger partial charge in [0.1, 0.15) is 17.6 Å². The molecule has 5 rings (SSSR count). The zero-order chi connectivity index (χ0) is 24.7. The molecule has 1 aliphatic rings. The Hall–Kier alpha value is -3.98. The lowest BCUT2D eigenvalue weighted by Crippen LogP contribution is -2.16. The van der Waals surface area contributed by atoms with Crippen LogP contribution in [0.25, 0.3) is 16.8 Å². The zero-order valence-electron chi connectivity index (χ0n) is 17.8. The summed E-state index contributed by atoms with van der Waals surface area (Å²) in [5.74, 6) is 0.554. The lowest BCUT2D eigenvalue weighted by molar-refractivity contribution is -0.0384. The van der Waals surface area contributed by atoms with Crippen molar-refractivity contribution < 1.29 is 26.5 Å². The molecular formula is C23H15F4N5O2S. The van der Waals surface area contributed by atoms with Crippen molar-refractivity contribution in [3.05, 3.63) is 71.4 Å². The molecule has 1 atom stereocenters. The second kappa shape index (κ2) is 8.66. The number of alkyl halides is 3. The minimum atomic E-state index is -4.86. The second-order valence-electron chi connectivity index (χ2n) is 7.62. The quantitative estimate of drug-likeness (QED) is 0.403. The van der Waals surface area contributed by atoms with Gasteiger partial charge in [-0.3, -0.25) is 4.40 Å². The Morgan fingerprint density at radius 2 is 1.97 bits per heavy atom. The summed E-state index contributed by atoms with van der Waals surface area (Å²) in [7, 11) is -3.15. The fourth-order valence-electron chi connectivity index (χ4n) is 3.93. The summed E-state index contributed by atoms with van der Waals surface area (Å²) in [6.45, 7) is 0.587. The molecule has 178 valence electrons. The van der Waals surface area contributed by atoms with E-state index in [4.69, 9.17) is 4.74 Å². The minimum absolute atomic E-state index is 0.0947. The third-order valence-corrected chi connectivity index (χ3v) is 6.68. The number of nitrogens with zero attached hydrogens (tertiary/aromatic N) is 4. The average Bonchev–Trinajstić information content (AvgIpc) is 3.50. The summed E-state index contributed by atoms with van der Waals surface area (Å²) in [6, 6.07) is 9.89. The van der Waals surface area contributed by atoms with Crippen LogP contribution >= 0.6 is 0 Å². The maximum absolute atomic E-state index is 14.5. The smallest absolute Gasteiger partial charge is 0.475 e. The van der Waals surface area contributed by atoms with Crippen molar-refractivity contribution in [3.63, 3.8) is 0 Å². The number of imidazole rings is 1. The third-order valence-electron chi connectivity index (χ3n) is 5.56. The summed E-state index contributed by atoms with van der Waals surface area (Å²) in [6.07, 6.45) is 3.50. The number of ether oxygens (including phenoxy) is 1. The van der Waals surface area contributed by atoms with E-state index in [1.807, 2.05) is 6.07 Å². The summed E-state index contributed by atoms with van der Waals surface area (Å²) in [5, 5.41) is 12.4. The highest BCUT2D eigenvalue weighted by atomic mass is 32.2. The molecule has 0 bridgehead atoms. The van der Waals surface area contributed by atoms with Crippen molar-refractivity contribution in [1.82, 2.24) is 14.4 Å². The number of fused-ring (bicyclic) bond motifs is 2. The molecule has 0 spiro atoms. The lowest BCUT2D eigenvalue weighted by Gasteiger charge is -2.13. The number of aromatic nitrogens is 3. The molecule has 0 aliphatic carbocycles. The molecule has 2 aromatic heterocycles. The van der Waals surface area contributed by atoms with Crippen LogP contribution in [0.4, 0.5) is 23.5 Å². The van der Waals surface area contributed by atoms with Crippen LogP contribution in [0.2, 0.25) is 0 Å². The van der Waals surface area contributed by atoms with E-state index in [0.717, 1.165) is 17.7 Å². The van der Waals surface area contributed by atoms with Gasteiger partial charge in [-0.05, 0) is 29.8 Å². The van der Waals surface area contributed by atoms with E-state index in [-0.39, 0.29) is 23.0 Å². The second-order valence-corrected chi connectivity index (χ2v) is 9.09. The van der Waals surface area contributed by atoms with Gasteiger partial charge >= 0.3 is 5.51 Å². The highest BCUT2D eigenvalue weighted by Gasteiger charge is 2.37. The van der Waals surface area contributed by atoms with Gasteiger partial charge in [-0.2, -0.15) is 18.4 Å². The van der Waals surface area contributed by atoms with Crippen molar-refractivity contribution in [1.29, 1.82) is 5.26 Å². The van der Waals surface area contributed by atoms with Gasteiger partial charge in [0.05, 0.1) is 12.8 Å². The van der Waals surface area contributed by atoms with Crippen LogP contribution in [0, 0.1) is 17.1 Å². The predicted octanol–water partition coefficient (Wildman–Crippen LogP) is 4.58. The highest BCUT2D eigenvalue weighted by molar-refractivity contribution is 7.86. The molecule has 0 amide bonds. The van der Waals surface area contributed by atoms with E-state index in [2.05, 4.69) is 15.3 Å². The van der Waals surface area contributed by atoms with Gasteiger partial charge in [0.15, 0.2) is 22.1 Å². The Balaban J connectivity index is 1.49. The Morgan fingerprint density at radius 1 is 1.20 bits per heavy atom. The highest BCUT2D eigenvalue weighted by Crippen LogP contribution is 2.32. The normalized spacial score (nSPS) is 13.8. The number of anilines is 1. The largest absolute Gasteiger partial charge is 0.493 e. The SMILES string of the molecule is N#Cc1cn2c(NCc3c(F)ccc4c3CCO4)ncc(-c3ccc(S(=O)C(F)(F)F)cc3)c2n1. The van der Waals surface area contributed by atoms with Crippen LogP contribution < -0.4 is 10.1 Å². The van der Waals surface area contributed by atoms with Crippen LogP contribution in [0.5, 0.6) is 5.75 Å². The Kier molecular flexibility index (Phi) is 5.64. The van der Waals surface area contributed by atoms with E-state index in [9.17, 15) is 27.0 Å². The first-order valence-electron chi connectivity index (χ1n) is 10.3. The first-order valence-corrected chi connectivity index (χ1v) is 11.5. The van der Waals surface area contributed by atoms with Gasteiger partial charge in [-0.1, -0.05) is 12.1 Å². The maximum Gasteiger partial charge on any atom is 0.475 e. The number of halogens is 4. The Bertz CT molecular complexity index is 1510. The number of nitrogens with one attached hydrogen (secondary N) is 1. The van der Waals surface area contributed by atoms with Crippen LogP contribution in [0.3, 0.4) is 0 Å². The molecule has 12 heteroatoms. The van der Waals surface area contributed by atoms with Crippen molar-refractivity contribution >= 4 is 22.4 Å². The van der Waals surface area contributed by atoms with E-state index >= 15 is 0 Å². The molecule has 1 aliphatic heterocycles. The van der Waals surface area contributed by atoms with Crippen LogP contribution in [0.15, 0.2) is 53.7 Å². The van der Waals surface area contributed by atoms with Crippen LogP contribution in [0.1, 0.15) is 16.8 Å². The van der Waals surface area contributed by atoms with Crippen molar-refractivity contribution in [2.45, 2.75) is 23.4 Å². The number of nitriles is 1. The molecule has 0 saturated heterocycles. The maximum atomic E-state index is 14.5. The van der Waals surface area contributed by atoms with E-state index in [1.165, 1.54) is 35.0 Å². The fraction of sp³-hybridized carbons (Fsp3) is 0.174. The third kappa shape index (κ3) is 4.19. The number of hydrogen-bond acceptors (Lipinski definition) is 6. The van der Waals surface area contributed by atoms with Gasteiger partial charge in [0, 0.05) is 40.7 Å². The average molecular weight is 501 g/mol. The van der Waals surface area contributed by atoms with E-state index < -0.39 is 16.3 Å². The fourth-order valence-corrected chi connectivity index (χ4v) is 4.58. The Morgan fingerprint density at radius 3 is 2.69 bits per heavy atom. The molecule has 0 radical (unpaired) electrons.